The molecule has 0 aromatic carbocycles. The number of nitrogens with one attached hydrogen (secondary N) is 1. The van der Waals surface area contributed by atoms with Gasteiger partial charge in [0.15, 0.2) is 0 Å². The molecule has 0 bridgehead atoms. The van der Waals surface area contributed by atoms with Crippen LogP contribution in [0.25, 0.3) is 0 Å². The van der Waals surface area contributed by atoms with Crippen LogP contribution in [0, 0.1) is 5.41 Å². The van der Waals surface area contributed by atoms with Gasteiger partial charge in [0.25, 0.3) is 0 Å². The zero-order valence-electron chi connectivity index (χ0n) is 8.97. The first-order chi connectivity index (χ1) is 6.66. The summed E-state index contributed by atoms with van der Waals surface area (Å²) in [5, 5.41) is 2.78. The minimum atomic E-state index is -0.319. The monoisotopic (exact) mass is 201 g/mol. The number of carbonyl (C=O) groups is 1. The van der Waals surface area contributed by atoms with Crippen LogP contribution in [0.3, 0.4) is 0 Å². The molecular formula is C10H19NO3. The van der Waals surface area contributed by atoms with Gasteiger partial charge in [-0.05, 0) is 25.2 Å². The maximum Gasteiger partial charge on any atom is 0.407 e. The third-order valence-corrected chi connectivity index (χ3v) is 2.63. The van der Waals surface area contributed by atoms with Crippen LogP contribution in [0.2, 0.25) is 0 Å². The van der Waals surface area contributed by atoms with Gasteiger partial charge in [-0.2, -0.15) is 0 Å². The van der Waals surface area contributed by atoms with E-state index in [9.17, 15) is 4.79 Å². The van der Waals surface area contributed by atoms with Gasteiger partial charge in [-0.25, -0.2) is 4.79 Å². The molecule has 0 radical (unpaired) electrons. The highest BCUT2D eigenvalue weighted by atomic mass is 16.5. The molecule has 1 fully saturated rings. The van der Waals surface area contributed by atoms with E-state index in [4.69, 9.17) is 9.47 Å². The third-order valence-electron chi connectivity index (χ3n) is 2.63. The maximum absolute atomic E-state index is 11.1. The van der Waals surface area contributed by atoms with E-state index in [-0.39, 0.29) is 11.5 Å². The molecule has 1 aliphatic heterocycles. The van der Waals surface area contributed by atoms with Crippen molar-refractivity contribution in [3.05, 3.63) is 0 Å². The van der Waals surface area contributed by atoms with Gasteiger partial charge in [0.05, 0.1) is 6.61 Å². The van der Waals surface area contributed by atoms with Crippen molar-refractivity contribution in [1.82, 2.24) is 5.32 Å². The van der Waals surface area contributed by atoms with Crippen molar-refractivity contribution in [3.8, 4) is 0 Å². The zero-order chi connectivity index (χ0) is 10.4. The average molecular weight is 201 g/mol. The summed E-state index contributed by atoms with van der Waals surface area (Å²) in [5.41, 5.74) is 0.172. The Balaban J connectivity index is 2.24. The first kappa shape index (κ1) is 11.3. The van der Waals surface area contributed by atoms with E-state index in [1.54, 1.807) is 6.92 Å². The van der Waals surface area contributed by atoms with Crippen LogP contribution in [0.5, 0.6) is 0 Å². The van der Waals surface area contributed by atoms with Gasteiger partial charge in [0, 0.05) is 19.8 Å². The Hall–Kier alpha value is -0.770. The molecule has 1 amide bonds. The molecule has 4 nitrogen and oxygen atoms in total. The van der Waals surface area contributed by atoms with Crippen molar-refractivity contribution in [1.29, 1.82) is 0 Å². The Morgan fingerprint density at radius 1 is 1.50 bits per heavy atom. The van der Waals surface area contributed by atoms with Crippen molar-refractivity contribution in [3.63, 3.8) is 0 Å². The average Bonchev–Trinajstić information content (AvgIpc) is 2.17. The normalized spacial score (nSPS) is 20.1. The van der Waals surface area contributed by atoms with Gasteiger partial charge in [-0.15, -0.1) is 0 Å². The van der Waals surface area contributed by atoms with Crippen molar-refractivity contribution in [2.24, 2.45) is 5.41 Å². The number of hydrogen-bond donors (Lipinski definition) is 1. The zero-order valence-corrected chi connectivity index (χ0v) is 8.97. The van der Waals surface area contributed by atoms with Crippen LogP contribution in [0.4, 0.5) is 4.79 Å². The molecule has 1 aliphatic rings. The second-order valence-corrected chi connectivity index (χ2v) is 4.00. The number of carbonyl (C=O) groups excluding carboxylic acids is 1. The van der Waals surface area contributed by atoms with Crippen molar-refractivity contribution in [2.75, 3.05) is 26.4 Å². The van der Waals surface area contributed by atoms with Crippen LogP contribution in [-0.2, 0) is 9.47 Å². The Labute approximate surface area is 85.0 Å². The molecule has 0 aromatic rings. The largest absolute Gasteiger partial charge is 0.450 e. The van der Waals surface area contributed by atoms with Gasteiger partial charge < -0.3 is 14.8 Å². The highest BCUT2D eigenvalue weighted by molar-refractivity contribution is 5.67. The SMILES string of the molecule is CCOC(=O)NCC1(C)CCOCC1. The molecule has 82 valence electrons. The standard InChI is InChI=1S/C10H19NO3/c1-3-14-9(12)11-8-10(2)4-6-13-7-5-10/h3-8H2,1-2H3,(H,11,12). The van der Waals surface area contributed by atoms with E-state index in [1.807, 2.05) is 0 Å². The molecular weight excluding hydrogens is 182 g/mol. The minimum absolute atomic E-state index is 0.172. The Bertz CT molecular complexity index is 188. The highest BCUT2D eigenvalue weighted by Crippen LogP contribution is 2.28. The van der Waals surface area contributed by atoms with Gasteiger partial charge in [-0.1, -0.05) is 6.92 Å². The fourth-order valence-electron chi connectivity index (χ4n) is 1.51. The molecule has 1 saturated heterocycles. The van der Waals surface area contributed by atoms with Gasteiger partial charge in [-0.3, -0.25) is 0 Å². The number of rotatable bonds is 3. The van der Waals surface area contributed by atoms with Crippen LogP contribution < -0.4 is 5.32 Å². The van der Waals surface area contributed by atoms with Crippen LogP contribution in [-0.4, -0.2) is 32.5 Å². The Kier molecular flexibility index (Phi) is 4.20. The maximum atomic E-state index is 11.1. The minimum Gasteiger partial charge on any atom is -0.450 e. The highest BCUT2D eigenvalue weighted by Gasteiger charge is 2.27. The summed E-state index contributed by atoms with van der Waals surface area (Å²) in [7, 11) is 0. The molecule has 14 heavy (non-hydrogen) atoms. The smallest absolute Gasteiger partial charge is 0.407 e. The van der Waals surface area contributed by atoms with E-state index in [1.165, 1.54) is 0 Å². The predicted molar refractivity (Wildman–Crippen MR) is 53.2 cm³/mol. The van der Waals surface area contributed by atoms with E-state index < -0.39 is 0 Å². The first-order valence-electron chi connectivity index (χ1n) is 5.15. The fraction of sp³-hybridized carbons (Fsp3) is 0.900. The summed E-state index contributed by atoms with van der Waals surface area (Å²) in [5.74, 6) is 0. The first-order valence-corrected chi connectivity index (χ1v) is 5.15. The van der Waals surface area contributed by atoms with Crippen LogP contribution >= 0.6 is 0 Å². The Morgan fingerprint density at radius 3 is 2.71 bits per heavy atom. The quantitative estimate of drug-likeness (QED) is 0.753. The number of ether oxygens (including phenoxy) is 2. The summed E-state index contributed by atoms with van der Waals surface area (Å²) < 4.78 is 10.1. The summed E-state index contributed by atoms with van der Waals surface area (Å²) in [6.07, 6.45) is 1.68. The fourth-order valence-corrected chi connectivity index (χ4v) is 1.51. The number of amides is 1. The van der Waals surface area contributed by atoms with Gasteiger partial charge >= 0.3 is 6.09 Å². The van der Waals surface area contributed by atoms with Crippen molar-refractivity contribution in [2.45, 2.75) is 26.7 Å². The molecule has 1 rings (SSSR count). The molecule has 1 heterocycles. The summed E-state index contributed by atoms with van der Waals surface area (Å²) in [6, 6.07) is 0. The van der Waals surface area contributed by atoms with Crippen LogP contribution in [0.15, 0.2) is 0 Å². The number of alkyl carbamates (subject to hydrolysis) is 1. The predicted octanol–water partition coefficient (Wildman–Crippen LogP) is 1.55. The van der Waals surface area contributed by atoms with Crippen molar-refractivity contribution >= 4 is 6.09 Å². The second-order valence-electron chi connectivity index (χ2n) is 4.00. The van der Waals surface area contributed by atoms with Gasteiger partial charge in [0.2, 0.25) is 0 Å². The molecule has 0 aliphatic carbocycles. The topological polar surface area (TPSA) is 47.6 Å². The molecule has 0 saturated carbocycles. The number of hydrogen-bond acceptors (Lipinski definition) is 3. The molecule has 0 unspecified atom stereocenters. The second kappa shape index (κ2) is 5.20. The summed E-state index contributed by atoms with van der Waals surface area (Å²) >= 11 is 0. The van der Waals surface area contributed by atoms with E-state index in [0.717, 1.165) is 26.1 Å². The molecule has 4 heteroatoms. The third kappa shape index (κ3) is 3.54. The van der Waals surface area contributed by atoms with E-state index in [0.29, 0.717) is 13.2 Å². The molecule has 1 N–H and O–H groups in total. The summed E-state index contributed by atoms with van der Waals surface area (Å²) in [6.45, 7) is 6.65. The lowest BCUT2D eigenvalue weighted by Crippen LogP contribution is -2.39. The molecule has 0 spiro atoms. The Morgan fingerprint density at radius 2 is 2.14 bits per heavy atom. The lowest BCUT2D eigenvalue weighted by Gasteiger charge is -2.33. The molecule has 0 aromatic heterocycles. The van der Waals surface area contributed by atoms with Crippen molar-refractivity contribution < 1.29 is 14.3 Å². The van der Waals surface area contributed by atoms with E-state index >= 15 is 0 Å². The lowest BCUT2D eigenvalue weighted by molar-refractivity contribution is 0.0236. The van der Waals surface area contributed by atoms with Gasteiger partial charge in [0.1, 0.15) is 0 Å². The molecule has 0 atom stereocenters. The van der Waals surface area contributed by atoms with E-state index in [2.05, 4.69) is 12.2 Å². The van der Waals surface area contributed by atoms with Crippen LogP contribution in [0.1, 0.15) is 26.7 Å². The lowest BCUT2D eigenvalue weighted by atomic mass is 9.82. The summed E-state index contributed by atoms with van der Waals surface area (Å²) in [4.78, 5) is 11.1.